The molecule has 0 heterocycles. The number of benzene rings is 1. The average Bonchev–Trinajstić information content (AvgIpc) is 2.48. The van der Waals surface area contributed by atoms with Crippen LogP contribution >= 0.6 is 11.6 Å². The van der Waals surface area contributed by atoms with Gasteiger partial charge in [-0.15, -0.1) is 0 Å². The van der Waals surface area contributed by atoms with Crippen LogP contribution in [0.15, 0.2) is 18.2 Å². The summed E-state index contributed by atoms with van der Waals surface area (Å²) in [6.07, 6.45) is 3.43. The van der Waals surface area contributed by atoms with Gasteiger partial charge in [0.05, 0.1) is 0 Å². The lowest BCUT2D eigenvalue weighted by Crippen LogP contribution is -2.44. The van der Waals surface area contributed by atoms with Crippen molar-refractivity contribution in [3.63, 3.8) is 0 Å². The van der Waals surface area contributed by atoms with E-state index in [9.17, 15) is 4.79 Å². The van der Waals surface area contributed by atoms with E-state index >= 15 is 0 Å². The predicted octanol–water partition coefficient (Wildman–Crippen LogP) is 4.62. The molecule has 2 atom stereocenters. The molecule has 1 aromatic carbocycles. The predicted molar refractivity (Wildman–Crippen MR) is 74.3 cm³/mol. The highest BCUT2D eigenvalue weighted by atomic mass is 35.5. The van der Waals surface area contributed by atoms with E-state index in [-0.39, 0.29) is 16.7 Å². The lowest BCUT2D eigenvalue weighted by Gasteiger charge is -2.46. The number of rotatable bonds is 0. The van der Waals surface area contributed by atoms with E-state index < -0.39 is 0 Å². The van der Waals surface area contributed by atoms with Gasteiger partial charge in [-0.05, 0) is 42.0 Å². The van der Waals surface area contributed by atoms with Crippen LogP contribution < -0.4 is 0 Å². The van der Waals surface area contributed by atoms with Gasteiger partial charge >= 0.3 is 0 Å². The molecule has 0 aromatic heterocycles. The zero-order chi connectivity index (χ0) is 13.1. The molecular formula is C16H19ClO. The number of Topliss-reactive ketones (excluding diaryl/α,β-unsaturated/α-hetero) is 1. The van der Waals surface area contributed by atoms with E-state index in [4.69, 9.17) is 11.6 Å². The van der Waals surface area contributed by atoms with E-state index in [0.717, 1.165) is 23.4 Å². The fourth-order valence-corrected chi connectivity index (χ4v) is 4.53. The number of ketones is 1. The maximum absolute atomic E-state index is 12.7. The van der Waals surface area contributed by atoms with Crippen molar-refractivity contribution in [3.05, 3.63) is 34.3 Å². The van der Waals surface area contributed by atoms with Crippen LogP contribution in [0.3, 0.4) is 0 Å². The minimum absolute atomic E-state index is 0.0148. The third-order valence-electron chi connectivity index (χ3n) is 5.06. The van der Waals surface area contributed by atoms with E-state index in [1.54, 1.807) is 0 Å². The molecule has 0 radical (unpaired) electrons. The maximum Gasteiger partial charge on any atom is 0.167 e. The molecule has 0 unspecified atom stereocenters. The SMILES string of the molecule is CC1(C)CCC[C@@]2(C)c3cc(Cl)ccc3C(=O)[C@@H]12. The Bertz CT molecular complexity index is 532. The molecule has 1 aromatic rings. The Labute approximate surface area is 114 Å². The zero-order valence-corrected chi connectivity index (χ0v) is 12.0. The lowest BCUT2D eigenvalue weighted by molar-refractivity contribution is 0.0500. The minimum atomic E-state index is -0.0148. The Morgan fingerprint density at radius 3 is 2.67 bits per heavy atom. The standard InChI is InChI=1S/C16H19ClO/c1-15(2)7-4-8-16(3)12-9-10(17)5-6-11(12)13(18)14(15)16/h5-6,9,14H,4,7-8H2,1-3H3/t14-,16-/m0/s1. The number of carbonyl (C=O) groups is 1. The van der Waals surface area contributed by atoms with Crippen molar-refractivity contribution < 1.29 is 4.79 Å². The largest absolute Gasteiger partial charge is 0.294 e. The summed E-state index contributed by atoms with van der Waals surface area (Å²) in [6, 6.07) is 5.77. The molecule has 0 amide bonds. The van der Waals surface area contributed by atoms with Gasteiger partial charge in [0, 0.05) is 21.9 Å². The van der Waals surface area contributed by atoms with Gasteiger partial charge in [-0.25, -0.2) is 0 Å². The van der Waals surface area contributed by atoms with Crippen LogP contribution in [-0.2, 0) is 5.41 Å². The Balaban J connectivity index is 2.23. The molecular weight excluding hydrogens is 244 g/mol. The van der Waals surface area contributed by atoms with Gasteiger partial charge in [-0.1, -0.05) is 38.8 Å². The Kier molecular flexibility index (Phi) is 2.45. The van der Waals surface area contributed by atoms with Crippen molar-refractivity contribution in [2.24, 2.45) is 11.3 Å². The number of halogens is 1. The second kappa shape index (κ2) is 3.60. The summed E-state index contributed by atoms with van der Waals surface area (Å²) in [5, 5.41) is 0.742. The fourth-order valence-electron chi connectivity index (χ4n) is 4.36. The molecule has 18 heavy (non-hydrogen) atoms. The molecule has 0 N–H and O–H groups in total. The van der Waals surface area contributed by atoms with E-state index in [1.807, 2.05) is 18.2 Å². The third kappa shape index (κ3) is 1.43. The molecule has 96 valence electrons. The van der Waals surface area contributed by atoms with E-state index in [1.165, 1.54) is 12.0 Å². The molecule has 3 rings (SSSR count). The molecule has 0 spiro atoms. The molecule has 2 aliphatic carbocycles. The monoisotopic (exact) mass is 262 g/mol. The van der Waals surface area contributed by atoms with Gasteiger partial charge in [0.25, 0.3) is 0 Å². The Hall–Kier alpha value is -0.820. The van der Waals surface area contributed by atoms with Crippen molar-refractivity contribution in [2.45, 2.75) is 45.4 Å². The highest BCUT2D eigenvalue weighted by molar-refractivity contribution is 6.30. The molecule has 2 aliphatic rings. The fraction of sp³-hybridized carbons (Fsp3) is 0.562. The summed E-state index contributed by atoms with van der Waals surface area (Å²) >= 11 is 6.12. The number of fused-ring (bicyclic) bond motifs is 3. The van der Waals surface area contributed by atoms with Gasteiger partial charge < -0.3 is 0 Å². The average molecular weight is 263 g/mol. The first-order valence-corrected chi connectivity index (χ1v) is 7.08. The summed E-state index contributed by atoms with van der Waals surface area (Å²) in [7, 11) is 0. The van der Waals surface area contributed by atoms with Gasteiger partial charge in [-0.2, -0.15) is 0 Å². The second-order valence-electron chi connectivity index (χ2n) is 6.75. The second-order valence-corrected chi connectivity index (χ2v) is 7.18. The van der Waals surface area contributed by atoms with Gasteiger partial charge in [0.1, 0.15) is 0 Å². The van der Waals surface area contributed by atoms with Gasteiger partial charge in [0.2, 0.25) is 0 Å². The van der Waals surface area contributed by atoms with Crippen LogP contribution in [0.4, 0.5) is 0 Å². The summed E-state index contributed by atoms with van der Waals surface area (Å²) < 4.78 is 0. The van der Waals surface area contributed by atoms with Crippen LogP contribution in [0.2, 0.25) is 5.02 Å². The first kappa shape index (κ1) is 12.2. The van der Waals surface area contributed by atoms with Crippen LogP contribution in [0.5, 0.6) is 0 Å². The quantitative estimate of drug-likeness (QED) is 0.667. The molecule has 0 bridgehead atoms. The summed E-state index contributed by atoms with van der Waals surface area (Å²) in [5.41, 5.74) is 2.16. The Morgan fingerprint density at radius 1 is 1.22 bits per heavy atom. The molecule has 1 nitrogen and oxygen atoms in total. The number of hydrogen-bond donors (Lipinski definition) is 0. The lowest BCUT2D eigenvalue weighted by atomic mass is 9.56. The highest BCUT2D eigenvalue weighted by Gasteiger charge is 2.56. The highest BCUT2D eigenvalue weighted by Crippen LogP contribution is 2.58. The van der Waals surface area contributed by atoms with Gasteiger partial charge in [0.15, 0.2) is 5.78 Å². The van der Waals surface area contributed by atoms with Crippen molar-refractivity contribution >= 4 is 17.4 Å². The van der Waals surface area contributed by atoms with Crippen molar-refractivity contribution in [2.75, 3.05) is 0 Å². The first-order valence-electron chi connectivity index (χ1n) is 6.70. The van der Waals surface area contributed by atoms with Crippen molar-refractivity contribution in [1.29, 1.82) is 0 Å². The molecule has 1 fully saturated rings. The van der Waals surface area contributed by atoms with Crippen LogP contribution in [0.25, 0.3) is 0 Å². The molecule has 2 heteroatoms. The summed E-state index contributed by atoms with van der Waals surface area (Å²) in [5.74, 6) is 0.445. The first-order chi connectivity index (χ1) is 8.36. The van der Waals surface area contributed by atoms with Crippen molar-refractivity contribution in [3.8, 4) is 0 Å². The van der Waals surface area contributed by atoms with E-state index in [2.05, 4.69) is 20.8 Å². The summed E-state index contributed by atoms with van der Waals surface area (Å²) in [6.45, 7) is 6.72. The third-order valence-corrected chi connectivity index (χ3v) is 5.30. The smallest absolute Gasteiger partial charge is 0.167 e. The van der Waals surface area contributed by atoms with Crippen molar-refractivity contribution in [1.82, 2.24) is 0 Å². The zero-order valence-electron chi connectivity index (χ0n) is 11.2. The normalized spacial score (nSPS) is 33.1. The van der Waals surface area contributed by atoms with Crippen LogP contribution in [0, 0.1) is 11.3 Å². The Morgan fingerprint density at radius 2 is 1.94 bits per heavy atom. The minimum Gasteiger partial charge on any atom is -0.294 e. The topological polar surface area (TPSA) is 17.1 Å². The number of hydrogen-bond acceptors (Lipinski definition) is 1. The van der Waals surface area contributed by atoms with Crippen LogP contribution in [0.1, 0.15) is 56.0 Å². The molecule has 1 saturated carbocycles. The van der Waals surface area contributed by atoms with E-state index in [0.29, 0.717) is 5.78 Å². The van der Waals surface area contributed by atoms with Gasteiger partial charge in [-0.3, -0.25) is 4.79 Å². The molecule has 0 saturated heterocycles. The van der Waals surface area contributed by atoms with Crippen LogP contribution in [-0.4, -0.2) is 5.78 Å². The molecule has 0 aliphatic heterocycles. The number of carbonyl (C=O) groups excluding carboxylic acids is 1. The summed E-state index contributed by atoms with van der Waals surface area (Å²) in [4.78, 5) is 12.7. The maximum atomic E-state index is 12.7.